The molecule has 0 spiro atoms. The zero-order valence-corrected chi connectivity index (χ0v) is 15.4. The number of carbonyl (C=O) groups is 1. The van der Waals surface area contributed by atoms with Gasteiger partial charge in [0.15, 0.2) is 5.76 Å². The molecule has 1 aliphatic rings. The molecule has 24 heavy (non-hydrogen) atoms. The number of hydrogen-bond donors (Lipinski definition) is 2. The average molecular weight is 416 g/mol. The number of nitrogens with two attached hydrogens (primary N) is 1. The van der Waals surface area contributed by atoms with Gasteiger partial charge in [0.05, 0.1) is 0 Å². The van der Waals surface area contributed by atoms with E-state index < -0.39 is 0 Å². The van der Waals surface area contributed by atoms with Crippen molar-refractivity contribution in [2.24, 2.45) is 11.7 Å². The fourth-order valence-electron chi connectivity index (χ4n) is 2.40. The fourth-order valence-corrected chi connectivity index (χ4v) is 2.77. The standard InChI is InChI=1S/C17H19BrN2O3.ClH/c18-12-2-1-3-13(8-12)22-10-14-6-7-16(23-14)17(21)20-15(9-19)11-4-5-11;/h1-3,6-8,11,15H,4-5,9-10,19H2,(H,20,21);1H. The topological polar surface area (TPSA) is 77.5 Å². The minimum atomic E-state index is -0.221. The van der Waals surface area contributed by atoms with Crippen LogP contribution in [0, 0.1) is 5.92 Å². The smallest absolute Gasteiger partial charge is 0.287 e. The van der Waals surface area contributed by atoms with Crippen LogP contribution in [0.2, 0.25) is 0 Å². The second-order valence-electron chi connectivity index (χ2n) is 5.67. The quantitative estimate of drug-likeness (QED) is 0.725. The third kappa shape index (κ3) is 5.00. The van der Waals surface area contributed by atoms with Crippen molar-refractivity contribution < 1.29 is 13.9 Å². The number of amides is 1. The van der Waals surface area contributed by atoms with Gasteiger partial charge in [-0.2, -0.15) is 0 Å². The Labute approximate surface area is 155 Å². The summed E-state index contributed by atoms with van der Waals surface area (Å²) in [7, 11) is 0. The van der Waals surface area contributed by atoms with Gasteiger partial charge in [-0.3, -0.25) is 4.79 Å². The molecule has 7 heteroatoms. The molecule has 1 aliphatic carbocycles. The van der Waals surface area contributed by atoms with Gasteiger partial charge in [0.2, 0.25) is 0 Å². The summed E-state index contributed by atoms with van der Waals surface area (Å²) in [6, 6.07) is 11.0. The Morgan fingerprint density at radius 3 is 2.83 bits per heavy atom. The number of carbonyl (C=O) groups excluding carboxylic acids is 1. The van der Waals surface area contributed by atoms with Gasteiger partial charge < -0.3 is 20.2 Å². The predicted octanol–water partition coefficient (Wildman–Crippen LogP) is 3.51. The molecule has 1 unspecified atom stereocenters. The van der Waals surface area contributed by atoms with Gasteiger partial charge in [-0.15, -0.1) is 12.4 Å². The van der Waals surface area contributed by atoms with Gasteiger partial charge in [-0.25, -0.2) is 0 Å². The molecule has 1 fully saturated rings. The molecule has 1 saturated carbocycles. The Hall–Kier alpha value is -1.50. The molecule has 0 saturated heterocycles. The van der Waals surface area contributed by atoms with Crippen LogP contribution in [-0.2, 0) is 6.61 Å². The zero-order valence-electron chi connectivity index (χ0n) is 13.0. The monoisotopic (exact) mass is 414 g/mol. The Morgan fingerprint density at radius 1 is 1.38 bits per heavy atom. The Bertz CT molecular complexity index is 688. The largest absolute Gasteiger partial charge is 0.486 e. The van der Waals surface area contributed by atoms with E-state index in [1.54, 1.807) is 12.1 Å². The summed E-state index contributed by atoms with van der Waals surface area (Å²) in [5.74, 6) is 1.92. The van der Waals surface area contributed by atoms with Crippen LogP contribution in [0.4, 0.5) is 0 Å². The van der Waals surface area contributed by atoms with E-state index in [0.29, 0.717) is 18.2 Å². The number of benzene rings is 1. The van der Waals surface area contributed by atoms with Crippen LogP contribution in [0.1, 0.15) is 29.2 Å². The molecule has 0 radical (unpaired) electrons. The van der Waals surface area contributed by atoms with Crippen molar-refractivity contribution in [3.8, 4) is 5.75 Å². The lowest BCUT2D eigenvalue weighted by Gasteiger charge is -2.14. The Balaban J connectivity index is 0.00000208. The van der Waals surface area contributed by atoms with Gasteiger partial charge >= 0.3 is 0 Å². The van der Waals surface area contributed by atoms with Crippen molar-refractivity contribution in [1.29, 1.82) is 0 Å². The minimum Gasteiger partial charge on any atom is -0.486 e. The first-order chi connectivity index (χ1) is 11.2. The van der Waals surface area contributed by atoms with E-state index in [1.807, 2.05) is 24.3 Å². The molecule has 130 valence electrons. The number of rotatable bonds is 7. The fraction of sp³-hybridized carbons (Fsp3) is 0.353. The normalized spacial score (nSPS) is 14.6. The molecular weight excluding hydrogens is 396 g/mol. The van der Waals surface area contributed by atoms with Gasteiger partial charge in [0, 0.05) is 17.1 Å². The Morgan fingerprint density at radius 2 is 2.17 bits per heavy atom. The maximum Gasteiger partial charge on any atom is 0.287 e. The Kier molecular flexibility index (Phi) is 6.71. The van der Waals surface area contributed by atoms with Gasteiger partial charge in [0.25, 0.3) is 5.91 Å². The SMILES string of the molecule is Cl.NCC(NC(=O)c1ccc(COc2cccc(Br)c2)o1)C1CC1. The molecule has 1 aromatic heterocycles. The molecule has 5 nitrogen and oxygen atoms in total. The number of furan rings is 1. The molecule has 1 atom stereocenters. The maximum atomic E-state index is 12.2. The van der Waals surface area contributed by atoms with Crippen molar-refractivity contribution in [3.63, 3.8) is 0 Å². The van der Waals surface area contributed by atoms with Gasteiger partial charge in [-0.1, -0.05) is 22.0 Å². The number of ether oxygens (including phenoxy) is 1. The maximum absolute atomic E-state index is 12.2. The second-order valence-corrected chi connectivity index (χ2v) is 6.58. The summed E-state index contributed by atoms with van der Waals surface area (Å²) in [5, 5.41) is 2.93. The second kappa shape index (κ2) is 8.55. The van der Waals surface area contributed by atoms with E-state index in [9.17, 15) is 4.79 Å². The summed E-state index contributed by atoms with van der Waals surface area (Å²) in [4.78, 5) is 12.2. The van der Waals surface area contributed by atoms with Crippen LogP contribution in [-0.4, -0.2) is 18.5 Å². The summed E-state index contributed by atoms with van der Waals surface area (Å²) in [6.45, 7) is 0.725. The predicted molar refractivity (Wildman–Crippen MR) is 97.5 cm³/mol. The van der Waals surface area contributed by atoms with Crippen LogP contribution >= 0.6 is 28.3 Å². The molecule has 2 aromatic rings. The molecular formula is C17H20BrClN2O3. The molecule has 3 N–H and O–H groups in total. The third-order valence-corrected chi connectivity index (χ3v) is 4.32. The zero-order chi connectivity index (χ0) is 16.2. The summed E-state index contributed by atoms with van der Waals surface area (Å²) in [6.07, 6.45) is 2.26. The summed E-state index contributed by atoms with van der Waals surface area (Å²) >= 11 is 3.39. The summed E-state index contributed by atoms with van der Waals surface area (Å²) in [5.41, 5.74) is 5.70. The van der Waals surface area contributed by atoms with E-state index in [1.165, 1.54) is 0 Å². The molecule has 1 amide bonds. The van der Waals surface area contributed by atoms with Crippen molar-refractivity contribution in [2.45, 2.75) is 25.5 Å². The lowest BCUT2D eigenvalue weighted by molar-refractivity contribution is 0.0901. The van der Waals surface area contributed by atoms with E-state index in [2.05, 4.69) is 21.2 Å². The lowest BCUT2D eigenvalue weighted by atomic mass is 10.2. The molecule has 0 bridgehead atoms. The third-order valence-electron chi connectivity index (χ3n) is 3.82. The van der Waals surface area contributed by atoms with E-state index in [4.69, 9.17) is 14.9 Å². The highest BCUT2D eigenvalue weighted by atomic mass is 79.9. The average Bonchev–Trinajstić information content (AvgIpc) is 3.28. The van der Waals surface area contributed by atoms with Crippen LogP contribution in [0.5, 0.6) is 5.75 Å². The first-order valence-corrected chi connectivity index (χ1v) is 8.43. The number of hydrogen-bond acceptors (Lipinski definition) is 4. The highest BCUT2D eigenvalue weighted by Gasteiger charge is 2.31. The minimum absolute atomic E-state index is 0. The van der Waals surface area contributed by atoms with Crippen molar-refractivity contribution >= 4 is 34.2 Å². The molecule has 3 rings (SSSR count). The van der Waals surface area contributed by atoms with Gasteiger partial charge in [-0.05, 0) is 49.1 Å². The number of halogens is 2. The van der Waals surface area contributed by atoms with Crippen molar-refractivity contribution in [3.05, 3.63) is 52.4 Å². The highest BCUT2D eigenvalue weighted by Crippen LogP contribution is 2.32. The van der Waals surface area contributed by atoms with Crippen molar-refractivity contribution in [2.75, 3.05) is 6.54 Å². The van der Waals surface area contributed by atoms with E-state index in [-0.39, 0.29) is 36.7 Å². The van der Waals surface area contributed by atoms with E-state index in [0.717, 1.165) is 23.1 Å². The van der Waals surface area contributed by atoms with Crippen LogP contribution in [0.15, 0.2) is 45.3 Å². The van der Waals surface area contributed by atoms with Gasteiger partial charge in [0.1, 0.15) is 18.1 Å². The lowest BCUT2D eigenvalue weighted by Crippen LogP contribution is -2.41. The first-order valence-electron chi connectivity index (χ1n) is 7.63. The van der Waals surface area contributed by atoms with E-state index >= 15 is 0 Å². The van der Waals surface area contributed by atoms with Crippen LogP contribution in [0.3, 0.4) is 0 Å². The molecule has 1 heterocycles. The van der Waals surface area contributed by atoms with Crippen LogP contribution in [0.25, 0.3) is 0 Å². The molecule has 0 aliphatic heterocycles. The molecule has 1 aromatic carbocycles. The highest BCUT2D eigenvalue weighted by molar-refractivity contribution is 9.10. The summed E-state index contributed by atoms with van der Waals surface area (Å²) < 4.78 is 12.1. The first kappa shape index (κ1) is 18.8. The van der Waals surface area contributed by atoms with Crippen molar-refractivity contribution in [1.82, 2.24) is 5.32 Å². The van der Waals surface area contributed by atoms with Crippen LogP contribution < -0.4 is 15.8 Å². The number of nitrogens with one attached hydrogen (secondary N) is 1.